The van der Waals surface area contributed by atoms with E-state index in [4.69, 9.17) is 9.47 Å². The Morgan fingerprint density at radius 3 is 1.76 bits per heavy atom. The highest BCUT2D eigenvalue weighted by atomic mass is 28.2. The molecule has 0 N–H and O–H groups in total. The van der Waals surface area contributed by atoms with Gasteiger partial charge in [0.05, 0.1) is 34.2 Å². The molecule has 0 radical (unpaired) electrons. The largest absolute Gasteiger partial charge is 0.494 e. The number of rotatable bonds is 11. The topological polar surface area (TPSA) is 36.3 Å². The second-order valence-corrected chi connectivity index (χ2v) is 10.4. The fraction of sp³-hybridized carbons (Fsp3) is 0.250. The monoisotopic (exact) mass is 456 g/mol. The lowest BCUT2D eigenvalue weighted by Crippen LogP contribution is -2.46. The molecule has 0 saturated carbocycles. The minimum Gasteiger partial charge on any atom is -0.494 e. The fourth-order valence-electron chi connectivity index (χ4n) is 4.23. The lowest BCUT2D eigenvalue weighted by Gasteiger charge is -2.37. The lowest BCUT2D eigenvalue weighted by atomic mass is 9.97. The molecule has 0 aliphatic heterocycles. The molecule has 4 rings (SSSR count). The van der Waals surface area contributed by atoms with E-state index >= 15 is 0 Å². The van der Waals surface area contributed by atoms with Gasteiger partial charge in [0.1, 0.15) is 11.5 Å². The molecule has 0 aliphatic carbocycles. The molecule has 0 fully saturated rings. The van der Waals surface area contributed by atoms with E-state index in [0.717, 1.165) is 37.6 Å². The van der Waals surface area contributed by atoms with Gasteiger partial charge in [-0.3, -0.25) is 0 Å². The molecule has 4 aromatic rings. The molecule has 0 spiro atoms. The van der Waals surface area contributed by atoms with Crippen LogP contribution in [0.5, 0.6) is 11.5 Å². The zero-order chi connectivity index (χ0) is 22.9. The molecular formula is C28H32N2O2Si. The van der Waals surface area contributed by atoms with Gasteiger partial charge in [-0.1, -0.05) is 73.6 Å². The zero-order valence-electron chi connectivity index (χ0n) is 19.5. The molecule has 0 saturated heterocycles. The van der Waals surface area contributed by atoms with Gasteiger partial charge < -0.3 is 14.0 Å². The minimum absolute atomic E-state index is 0.329. The third-order valence-electron chi connectivity index (χ3n) is 5.86. The van der Waals surface area contributed by atoms with E-state index in [1.54, 1.807) is 0 Å². The van der Waals surface area contributed by atoms with E-state index in [0.29, 0.717) is 0 Å². The highest BCUT2D eigenvalue weighted by molar-refractivity contribution is 6.57. The first-order chi connectivity index (χ1) is 16.3. The predicted octanol–water partition coefficient (Wildman–Crippen LogP) is 4.70. The molecule has 0 aliphatic rings. The second kappa shape index (κ2) is 11.0. The quantitative estimate of drug-likeness (QED) is 0.307. The van der Waals surface area contributed by atoms with Gasteiger partial charge in [-0.15, -0.1) is 0 Å². The van der Waals surface area contributed by atoms with E-state index in [9.17, 15) is 0 Å². The number of ether oxygens (including phenoxy) is 2. The third kappa shape index (κ3) is 5.20. The summed E-state index contributed by atoms with van der Waals surface area (Å²) in [5, 5.41) is 1.06. The Labute approximate surface area is 199 Å². The van der Waals surface area contributed by atoms with Crippen molar-refractivity contribution in [2.24, 2.45) is 0 Å². The Morgan fingerprint density at radius 2 is 1.30 bits per heavy atom. The van der Waals surface area contributed by atoms with Crippen molar-refractivity contribution in [1.29, 1.82) is 0 Å². The first-order valence-corrected chi connectivity index (χ1v) is 13.2. The van der Waals surface area contributed by atoms with Gasteiger partial charge in [-0.25, -0.2) is 4.98 Å². The van der Waals surface area contributed by atoms with Crippen LogP contribution >= 0.6 is 0 Å². The van der Waals surface area contributed by atoms with E-state index in [2.05, 4.69) is 108 Å². The minimum atomic E-state index is -0.885. The van der Waals surface area contributed by atoms with Crippen molar-refractivity contribution in [2.75, 3.05) is 13.2 Å². The smallest absolute Gasteiger partial charge is 0.119 e. The van der Waals surface area contributed by atoms with Crippen LogP contribution in [0.3, 0.4) is 0 Å². The summed E-state index contributed by atoms with van der Waals surface area (Å²) in [6.45, 7) is 5.70. The number of hydrogen-bond acceptors (Lipinski definition) is 3. The molecule has 1 aromatic heterocycles. The number of benzene rings is 3. The van der Waals surface area contributed by atoms with Crippen molar-refractivity contribution >= 4 is 14.7 Å². The molecule has 0 atom stereocenters. The maximum atomic E-state index is 5.87. The van der Waals surface area contributed by atoms with Crippen LogP contribution in [0.25, 0.3) is 0 Å². The van der Waals surface area contributed by atoms with Crippen molar-refractivity contribution in [2.45, 2.75) is 31.9 Å². The van der Waals surface area contributed by atoms with Gasteiger partial charge >= 0.3 is 0 Å². The molecule has 0 bridgehead atoms. The summed E-state index contributed by atoms with van der Waals surface area (Å²) in [5.41, 5.74) is 2.48. The van der Waals surface area contributed by atoms with E-state index in [-0.39, 0.29) is 5.16 Å². The van der Waals surface area contributed by atoms with Crippen LogP contribution in [0.4, 0.5) is 0 Å². The Kier molecular flexibility index (Phi) is 7.63. The summed E-state index contributed by atoms with van der Waals surface area (Å²) in [5.74, 6) is 1.81. The Bertz CT molecular complexity index is 1040. The average Bonchev–Trinajstić information content (AvgIpc) is 3.42. The number of nitrogens with zero attached hydrogens (tertiary/aromatic N) is 2. The van der Waals surface area contributed by atoms with Crippen molar-refractivity contribution in [3.05, 3.63) is 109 Å². The van der Waals surface area contributed by atoms with Gasteiger partial charge in [0.15, 0.2) is 0 Å². The molecule has 0 unspecified atom stereocenters. The summed E-state index contributed by atoms with van der Waals surface area (Å²) >= 11 is 0. The standard InChI is InChI=1S/C28H32N2O2Si/c1-3-20-31-25-14-10-23(11-15-25)28(30-19-18-29-22-30,33-27-8-6-5-7-9-27)24-12-16-26(17-13-24)32-21-4-2/h5-19,22H,3-4,20-21,33H2,1-2H3. The highest BCUT2D eigenvalue weighted by Gasteiger charge is 2.36. The number of aromatic nitrogens is 2. The van der Waals surface area contributed by atoms with Gasteiger partial charge in [0.25, 0.3) is 0 Å². The van der Waals surface area contributed by atoms with Crippen LogP contribution in [-0.4, -0.2) is 32.3 Å². The van der Waals surface area contributed by atoms with Gasteiger partial charge in [0.2, 0.25) is 0 Å². The van der Waals surface area contributed by atoms with Crippen molar-refractivity contribution < 1.29 is 9.47 Å². The maximum absolute atomic E-state index is 5.87. The molecule has 3 aromatic carbocycles. The molecule has 5 heteroatoms. The van der Waals surface area contributed by atoms with E-state index in [1.165, 1.54) is 16.3 Å². The molecule has 4 nitrogen and oxygen atoms in total. The molecular weight excluding hydrogens is 424 g/mol. The summed E-state index contributed by atoms with van der Waals surface area (Å²) in [6.07, 6.45) is 7.88. The van der Waals surface area contributed by atoms with Gasteiger partial charge in [0, 0.05) is 12.4 Å². The first-order valence-electron chi connectivity index (χ1n) is 11.8. The zero-order valence-corrected chi connectivity index (χ0v) is 20.9. The van der Waals surface area contributed by atoms with Crippen LogP contribution in [0.1, 0.15) is 37.8 Å². The summed E-state index contributed by atoms with van der Waals surface area (Å²) in [6, 6.07) is 28.0. The average molecular weight is 457 g/mol. The second-order valence-electron chi connectivity index (χ2n) is 8.24. The van der Waals surface area contributed by atoms with Crippen LogP contribution in [0.15, 0.2) is 97.6 Å². The molecule has 0 amide bonds. The van der Waals surface area contributed by atoms with Crippen molar-refractivity contribution in [3.8, 4) is 11.5 Å². The molecule has 33 heavy (non-hydrogen) atoms. The van der Waals surface area contributed by atoms with Crippen LogP contribution in [0.2, 0.25) is 0 Å². The van der Waals surface area contributed by atoms with E-state index in [1.807, 2.05) is 12.5 Å². The Morgan fingerprint density at radius 1 is 0.758 bits per heavy atom. The van der Waals surface area contributed by atoms with Crippen molar-refractivity contribution in [1.82, 2.24) is 9.55 Å². The normalized spacial score (nSPS) is 11.7. The lowest BCUT2D eigenvalue weighted by molar-refractivity contribution is 0.317. The predicted molar refractivity (Wildman–Crippen MR) is 137 cm³/mol. The SMILES string of the molecule is CCCOc1ccc(C([SiH2]c2ccccc2)(c2ccc(OCCC)cc2)n2ccnc2)cc1. The summed E-state index contributed by atoms with van der Waals surface area (Å²) < 4.78 is 14.0. The highest BCUT2D eigenvalue weighted by Crippen LogP contribution is 2.35. The van der Waals surface area contributed by atoms with E-state index < -0.39 is 9.52 Å². The van der Waals surface area contributed by atoms with Gasteiger partial charge in [-0.2, -0.15) is 0 Å². The van der Waals surface area contributed by atoms with Crippen LogP contribution < -0.4 is 14.7 Å². The van der Waals surface area contributed by atoms with Crippen LogP contribution in [0, 0.1) is 0 Å². The van der Waals surface area contributed by atoms with Gasteiger partial charge in [-0.05, 0) is 48.2 Å². The van der Waals surface area contributed by atoms with Crippen molar-refractivity contribution in [3.63, 3.8) is 0 Å². The summed E-state index contributed by atoms with van der Waals surface area (Å²) in [7, 11) is -0.885. The maximum Gasteiger partial charge on any atom is 0.119 e. The Balaban J connectivity index is 1.83. The number of imidazole rings is 1. The summed E-state index contributed by atoms with van der Waals surface area (Å²) in [4.78, 5) is 4.43. The molecule has 1 heterocycles. The Hall–Kier alpha value is -3.31. The molecule has 170 valence electrons. The fourth-order valence-corrected chi connectivity index (χ4v) is 6.58. The number of hydrogen-bond donors (Lipinski definition) is 0. The van der Waals surface area contributed by atoms with Crippen LogP contribution in [-0.2, 0) is 5.16 Å². The first kappa shape index (κ1) is 22.9. The third-order valence-corrected chi connectivity index (χ3v) is 8.43.